The van der Waals surface area contributed by atoms with E-state index < -0.39 is 0 Å². The summed E-state index contributed by atoms with van der Waals surface area (Å²) in [5.74, 6) is 3.83. The van der Waals surface area contributed by atoms with E-state index >= 15 is 0 Å². The van der Waals surface area contributed by atoms with Gasteiger partial charge in [-0.05, 0) is 78.1 Å². The van der Waals surface area contributed by atoms with Crippen molar-refractivity contribution in [3.8, 4) is 0 Å². The fourth-order valence-electron chi connectivity index (χ4n) is 5.99. The number of nitrogens with zero attached hydrogens (tertiary/aromatic N) is 3. The lowest BCUT2D eigenvalue weighted by molar-refractivity contribution is 0.128. The molecule has 0 radical (unpaired) electrons. The van der Waals surface area contributed by atoms with Gasteiger partial charge in [0.1, 0.15) is 0 Å². The number of hydrogen-bond donors (Lipinski definition) is 0. The quantitative estimate of drug-likeness (QED) is 0.730. The molecule has 3 aliphatic heterocycles. The van der Waals surface area contributed by atoms with Gasteiger partial charge in [-0.3, -0.25) is 14.7 Å². The molecular formula is C21H39N3. The summed E-state index contributed by atoms with van der Waals surface area (Å²) in [6, 6.07) is 0.899. The van der Waals surface area contributed by atoms with Crippen molar-refractivity contribution in [3.63, 3.8) is 0 Å². The Balaban J connectivity index is 1.31. The molecule has 4 atom stereocenters. The van der Waals surface area contributed by atoms with Gasteiger partial charge in [0.2, 0.25) is 0 Å². The van der Waals surface area contributed by atoms with E-state index in [0.29, 0.717) is 11.1 Å². The molecule has 0 aromatic rings. The van der Waals surface area contributed by atoms with Crippen molar-refractivity contribution in [3.05, 3.63) is 0 Å². The van der Waals surface area contributed by atoms with E-state index in [0.717, 1.165) is 29.7 Å². The lowest BCUT2D eigenvalue weighted by atomic mass is 10.0. The first-order valence-electron chi connectivity index (χ1n) is 10.4. The second-order valence-electron chi connectivity index (χ2n) is 11.3. The molecule has 3 heteroatoms. The van der Waals surface area contributed by atoms with Crippen LogP contribution in [0.5, 0.6) is 0 Å². The molecule has 3 heterocycles. The van der Waals surface area contributed by atoms with Gasteiger partial charge in [-0.2, -0.15) is 0 Å². The summed E-state index contributed by atoms with van der Waals surface area (Å²) in [6.07, 6.45) is 2.94. The molecule has 0 aromatic heterocycles. The van der Waals surface area contributed by atoms with Crippen molar-refractivity contribution in [2.24, 2.45) is 23.7 Å². The highest BCUT2D eigenvalue weighted by Crippen LogP contribution is 2.45. The van der Waals surface area contributed by atoms with E-state index in [2.05, 4.69) is 56.2 Å². The zero-order chi connectivity index (χ0) is 17.3. The molecule has 4 unspecified atom stereocenters. The molecule has 4 aliphatic rings. The van der Waals surface area contributed by atoms with E-state index in [4.69, 9.17) is 0 Å². The highest BCUT2D eigenvalue weighted by Gasteiger charge is 2.49. The summed E-state index contributed by atoms with van der Waals surface area (Å²) in [4.78, 5) is 8.36. The molecule has 1 aliphatic carbocycles. The van der Waals surface area contributed by atoms with Crippen LogP contribution in [0.3, 0.4) is 0 Å². The van der Waals surface area contributed by atoms with Crippen LogP contribution in [0.2, 0.25) is 0 Å². The molecule has 0 amide bonds. The Kier molecular flexibility index (Phi) is 4.10. The molecule has 4 rings (SSSR count). The second kappa shape index (κ2) is 5.69. The minimum atomic E-state index is 0.357. The summed E-state index contributed by atoms with van der Waals surface area (Å²) in [5, 5.41) is 0. The van der Waals surface area contributed by atoms with Gasteiger partial charge < -0.3 is 0 Å². The molecule has 1 saturated carbocycles. The number of rotatable bonds is 1. The molecule has 0 spiro atoms. The van der Waals surface area contributed by atoms with Crippen LogP contribution in [0.15, 0.2) is 0 Å². The lowest BCUT2D eigenvalue weighted by Crippen LogP contribution is -2.43. The molecule has 0 aromatic carbocycles. The topological polar surface area (TPSA) is 9.72 Å². The van der Waals surface area contributed by atoms with Crippen LogP contribution >= 0.6 is 0 Å². The summed E-state index contributed by atoms with van der Waals surface area (Å²) in [6.45, 7) is 22.4. The van der Waals surface area contributed by atoms with Crippen molar-refractivity contribution in [2.75, 3.05) is 39.3 Å². The second-order valence-corrected chi connectivity index (χ2v) is 11.3. The van der Waals surface area contributed by atoms with Gasteiger partial charge >= 0.3 is 0 Å². The standard InChI is InChI=1S/C21H39N3/c1-20(2,3)23-11-15-7-19(8-16(15)12-23)22-9-17-13-24(21(4,5)6)14-18(17)10-22/h15-19H,7-14H2,1-6H3. The average Bonchev–Trinajstić information content (AvgIpc) is 3.12. The monoisotopic (exact) mass is 333 g/mol. The zero-order valence-corrected chi connectivity index (χ0v) is 16.9. The van der Waals surface area contributed by atoms with Crippen LogP contribution in [0.1, 0.15) is 54.4 Å². The summed E-state index contributed by atoms with van der Waals surface area (Å²) in [5.41, 5.74) is 0.719. The Hall–Kier alpha value is -0.120. The van der Waals surface area contributed by atoms with E-state index in [1.807, 2.05) is 0 Å². The first kappa shape index (κ1) is 17.3. The summed E-state index contributed by atoms with van der Waals surface area (Å²) in [7, 11) is 0. The van der Waals surface area contributed by atoms with Crippen molar-refractivity contribution < 1.29 is 0 Å². The predicted molar refractivity (Wildman–Crippen MR) is 101 cm³/mol. The van der Waals surface area contributed by atoms with Crippen LogP contribution in [0.25, 0.3) is 0 Å². The highest BCUT2D eigenvalue weighted by molar-refractivity contribution is 5.03. The van der Waals surface area contributed by atoms with Crippen molar-refractivity contribution in [2.45, 2.75) is 71.5 Å². The SMILES string of the molecule is CC(C)(C)N1CC2CC(N3CC4CN(C(C)(C)C)CC4C3)CC2C1. The molecule has 0 N–H and O–H groups in total. The van der Waals surface area contributed by atoms with Crippen molar-refractivity contribution >= 4 is 0 Å². The molecule has 3 saturated heterocycles. The van der Waals surface area contributed by atoms with Crippen LogP contribution in [-0.4, -0.2) is 71.1 Å². The predicted octanol–water partition coefficient (Wildman–Crippen LogP) is 3.16. The molecule has 138 valence electrons. The van der Waals surface area contributed by atoms with Crippen LogP contribution in [-0.2, 0) is 0 Å². The van der Waals surface area contributed by atoms with Gasteiger partial charge in [0.15, 0.2) is 0 Å². The van der Waals surface area contributed by atoms with E-state index in [-0.39, 0.29) is 0 Å². The molecular weight excluding hydrogens is 294 g/mol. The van der Waals surface area contributed by atoms with Gasteiger partial charge in [0.25, 0.3) is 0 Å². The Morgan fingerprint density at radius 3 is 1.29 bits per heavy atom. The fraction of sp³-hybridized carbons (Fsp3) is 1.00. The first-order chi connectivity index (χ1) is 11.1. The number of hydrogen-bond acceptors (Lipinski definition) is 3. The van der Waals surface area contributed by atoms with Gasteiger partial charge in [0.05, 0.1) is 0 Å². The summed E-state index contributed by atoms with van der Waals surface area (Å²) >= 11 is 0. The largest absolute Gasteiger partial charge is 0.300 e. The maximum atomic E-state index is 2.90. The Labute approximate surface area is 149 Å². The Morgan fingerprint density at radius 1 is 0.542 bits per heavy atom. The fourth-order valence-corrected chi connectivity index (χ4v) is 5.99. The lowest BCUT2D eigenvalue weighted by Gasteiger charge is -2.35. The normalized spacial score (nSPS) is 42.0. The van der Waals surface area contributed by atoms with Crippen LogP contribution in [0.4, 0.5) is 0 Å². The smallest absolute Gasteiger partial charge is 0.0125 e. The van der Waals surface area contributed by atoms with Crippen LogP contribution in [0, 0.1) is 23.7 Å². The first-order valence-corrected chi connectivity index (χ1v) is 10.4. The highest BCUT2D eigenvalue weighted by atomic mass is 15.3. The number of likely N-dealkylation sites (tertiary alicyclic amines) is 3. The third-order valence-corrected chi connectivity index (χ3v) is 7.65. The minimum Gasteiger partial charge on any atom is -0.300 e. The van der Waals surface area contributed by atoms with Crippen molar-refractivity contribution in [1.29, 1.82) is 0 Å². The molecule has 0 bridgehead atoms. The number of fused-ring (bicyclic) bond motifs is 2. The Bertz CT molecular complexity index is 402. The van der Waals surface area contributed by atoms with E-state index in [1.54, 1.807) is 0 Å². The third kappa shape index (κ3) is 3.05. The average molecular weight is 334 g/mol. The summed E-state index contributed by atoms with van der Waals surface area (Å²) < 4.78 is 0. The third-order valence-electron chi connectivity index (χ3n) is 7.65. The van der Waals surface area contributed by atoms with E-state index in [9.17, 15) is 0 Å². The molecule has 3 nitrogen and oxygen atoms in total. The maximum Gasteiger partial charge on any atom is 0.0125 e. The molecule has 4 fully saturated rings. The zero-order valence-electron chi connectivity index (χ0n) is 16.9. The Morgan fingerprint density at radius 2 is 0.917 bits per heavy atom. The van der Waals surface area contributed by atoms with E-state index in [1.165, 1.54) is 52.1 Å². The minimum absolute atomic E-state index is 0.357. The maximum absolute atomic E-state index is 2.90. The van der Waals surface area contributed by atoms with Gasteiger partial charge in [-0.15, -0.1) is 0 Å². The van der Waals surface area contributed by atoms with Crippen molar-refractivity contribution in [1.82, 2.24) is 14.7 Å². The van der Waals surface area contributed by atoms with Crippen LogP contribution < -0.4 is 0 Å². The van der Waals surface area contributed by atoms with Gasteiger partial charge in [-0.25, -0.2) is 0 Å². The molecule has 24 heavy (non-hydrogen) atoms. The van der Waals surface area contributed by atoms with Gasteiger partial charge in [0, 0.05) is 56.4 Å². The van der Waals surface area contributed by atoms with Gasteiger partial charge in [-0.1, -0.05) is 0 Å².